The van der Waals surface area contributed by atoms with E-state index in [1.165, 1.54) is 77.6 Å². The maximum atomic E-state index is 14.6. The van der Waals surface area contributed by atoms with E-state index in [0.717, 1.165) is 25.4 Å². The van der Waals surface area contributed by atoms with E-state index in [0.29, 0.717) is 6.42 Å². The maximum absolute atomic E-state index is 14.6. The number of thiol groups is 1. The van der Waals surface area contributed by atoms with Gasteiger partial charge in [-0.3, -0.25) is 56.0 Å². The van der Waals surface area contributed by atoms with Crippen molar-refractivity contribution < 1.29 is 112 Å². The van der Waals surface area contributed by atoms with Gasteiger partial charge in [0.25, 0.3) is 11.1 Å². The lowest BCUT2D eigenvalue weighted by atomic mass is 10.1. The molecule has 6 fully saturated rings. The topological polar surface area (TPSA) is 672 Å². The number of aromatic amines is 2. The second kappa shape index (κ2) is 37.6. The Bertz CT molecular complexity index is 5740. The van der Waals surface area contributed by atoms with Gasteiger partial charge in [-0.05, 0) is 96.6 Å². The smallest absolute Gasteiger partial charge is 0.383 e. The van der Waals surface area contributed by atoms with Gasteiger partial charge >= 0.3 is 68.8 Å². The Labute approximate surface area is 705 Å². The van der Waals surface area contributed by atoms with Gasteiger partial charge in [0, 0.05) is 82.2 Å². The first-order chi connectivity index (χ1) is 56.5. The van der Waals surface area contributed by atoms with Crippen molar-refractivity contribution in [2.45, 2.75) is 169 Å². The number of nitrogens with two attached hydrogens (primary N) is 5. The van der Waals surface area contributed by atoms with E-state index in [2.05, 4.69) is 52.1 Å². The van der Waals surface area contributed by atoms with Gasteiger partial charge in [-0.25, -0.2) is 33.5 Å². The van der Waals surface area contributed by atoms with Crippen LogP contribution in [0.3, 0.4) is 0 Å². The second-order valence-corrected chi connectivity index (χ2v) is 44.3. The highest BCUT2D eigenvalue weighted by molar-refractivity contribution is 8.44. The fourth-order valence-corrected chi connectivity index (χ4v) is 22.0. The molecule has 7 aromatic rings. The molecule has 0 amide bonds. The van der Waals surface area contributed by atoms with Crippen LogP contribution in [0.4, 0.5) is 29.2 Å². The molecule has 0 aromatic carbocycles. The van der Waals surface area contributed by atoms with E-state index in [9.17, 15) is 62.6 Å². The maximum Gasteiger partial charge on any atom is 0.386 e. The van der Waals surface area contributed by atoms with Crippen molar-refractivity contribution in [2.24, 2.45) is 0 Å². The van der Waals surface area contributed by atoms with Crippen molar-refractivity contribution in [1.82, 2.24) is 67.3 Å². The number of imidazole rings is 1. The molecule has 6 saturated heterocycles. The summed E-state index contributed by atoms with van der Waals surface area (Å²) in [6.07, 6.45) is -16.0. The highest BCUT2D eigenvalue weighted by Gasteiger charge is 2.50. The van der Waals surface area contributed by atoms with Crippen molar-refractivity contribution in [2.75, 3.05) is 68.8 Å². The van der Waals surface area contributed by atoms with Crippen LogP contribution in [0.5, 0.6) is 0 Å². The zero-order valence-corrected chi connectivity index (χ0v) is 72.8. The molecule has 658 valence electrons. The third-order valence-electron chi connectivity index (χ3n) is 19.2. The van der Waals surface area contributed by atoms with Crippen LogP contribution in [-0.2, 0) is 146 Å². The highest BCUT2D eigenvalue weighted by Crippen LogP contribution is 2.59. The first-order valence-corrected chi connectivity index (χ1v) is 51.3. The summed E-state index contributed by atoms with van der Waals surface area (Å²) in [5, 5.41) is 0. The Balaban J connectivity index is 0.697. The van der Waals surface area contributed by atoms with Gasteiger partial charge in [-0.1, -0.05) is 19.2 Å². The minimum Gasteiger partial charge on any atom is -0.383 e. The lowest BCUT2D eigenvalue weighted by Crippen LogP contribution is -2.33. The van der Waals surface area contributed by atoms with Gasteiger partial charge < -0.3 is 127 Å². The Morgan fingerprint density at radius 3 is 1.10 bits per heavy atom. The molecule has 120 heavy (non-hydrogen) atoms. The molecular weight excluding hydrogens is 1840 g/mol. The number of hydrogen-bond donors (Lipinski definition) is 13. The van der Waals surface area contributed by atoms with Crippen LogP contribution in [0, 0.1) is 6.92 Å². The number of fused-ring (bicyclic) bond motifs is 1. The number of ether oxygens (including phenoxy) is 6. The molecule has 6 unspecified atom stereocenters. The summed E-state index contributed by atoms with van der Waals surface area (Å²) in [5.74, 6) is -0.716. The van der Waals surface area contributed by atoms with Crippen LogP contribution >= 0.6 is 52.6 Å². The Kier molecular flexibility index (Phi) is 28.8. The minimum atomic E-state index is -4.75. The standard InChI is InChI=1S/C58H79N19O31P6S6/c1-4-27-28(13-43(97-27)72-9-5-39(59)65-54(72)80)104-110(86,116)92-23-37-32(17-47(101-37)76-19-26(2)51(78)71-58(76)84)107-113(89,119)95-22-36-30(15-45(100-36)74-11-7-41(61)67-56(74)82)105-111(87,117)94-21-35-31(16-46(99-35)75-12-8-42(62)68-57(75)83)106-112(88,118)96-24-38-33(18-48(102-38)77-25-64-49-50(77)69-53(63)70-52(49)79)108-114(90,120)93-20-34-29(103-109(85,115)91-3)14-44(98-34)73-10-6-40(60)66-55(73)81/h5-12,19,25,27-38,43-48H,4,13-18,20-24H2,1-3H3,(H,85,115)(H,86,116)(H,87,117)(H,88,118)(H,89,119)(H,90,120)(H2,59,65,80)(H2,60,66,81)(H2,61,67,82)(H2,62,68,83)(H,71,78,84)(H3,63,69,70,79)/t27-,28-,29-,30-,31-,32-,33-,34-,35-,36-,37-,38-,43-,44-,45-,46-,47-,48-,109?,110?,111?,112?,113?,114?/m1/s1. The average molecular weight is 1920 g/mol. The molecular formula is C58H79N19O31P6S6. The van der Waals surface area contributed by atoms with Gasteiger partial charge in [-0.2, -0.15) is 24.9 Å². The van der Waals surface area contributed by atoms with Gasteiger partial charge in [0.05, 0.1) is 76.0 Å². The molecule has 0 aliphatic carbocycles. The van der Waals surface area contributed by atoms with E-state index < -0.39 is 224 Å². The average Bonchev–Trinajstić information content (AvgIpc) is 1.71. The third kappa shape index (κ3) is 22.6. The Morgan fingerprint density at radius 1 is 0.450 bits per heavy atom. The van der Waals surface area contributed by atoms with Crippen LogP contribution in [0.15, 0.2) is 95.1 Å². The summed E-state index contributed by atoms with van der Waals surface area (Å²) in [6.45, 7) is -27.3. The SMILES string of the molecule is CC[C@H]1O[C@@H](n2ccc(N)nc2=O)C[C@H]1OP(O)(=S)OC[C@H]1O[C@@H](n2cc(C)c(=O)[nH]c2=O)C[C@H]1OP(=O)(S)OC[C@H]1O[C@@H](n2ccc(N)nc2=O)C[C@H]1OP(O)(=S)OC[C@H]1O[C@@H](n2ccc(N)nc2=O)C[C@H]1OP(O)(=S)OC[C@H]1O[C@@H](n2cnc3c(=O)[nH]c(N)nc32)C[C@H]1OP(O)(=S)OC[C@H]1O[C@@H](n2ccc(N)nc2=O)C[C@H]1OP(O)(=S)OC. The van der Waals surface area contributed by atoms with Crippen LogP contribution in [-0.4, -0.2) is 205 Å². The number of rotatable bonds is 35. The van der Waals surface area contributed by atoms with Crippen molar-refractivity contribution in [3.8, 4) is 0 Å². The number of hydrogen-bond acceptors (Lipinski definition) is 42. The fourth-order valence-electron chi connectivity index (χ4n) is 13.6. The third-order valence-corrected chi connectivity index (χ3v) is 28.9. The molecule has 50 nitrogen and oxygen atoms in total. The summed E-state index contributed by atoms with van der Waals surface area (Å²) in [4.78, 5) is 177. The highest BCUT2D eigenvalue weighted by atomic mass is 32.7. The van der Waals surface area contributed by atoms with Crippen LogP contribution in [0.1, 0.15) is 94.8 Å². The second-order valence-electron chi connectivity index (χ2n) is 27.4. The molecule has 17 N–H and O–H groups in total. The zero-order valence-electron chi connectivity index (χ0n) is 62.4. The molecule has 62 heteroatoms. The van der Waals surface area contributed by atoms with E-state index in [1.807, 2.05) is 0 Å². The Morgan fingerprint density at radius 2 is 0.758 bits per heavy atom. The molecule has 0 spiro atoms. The summed E-state index contributed by atoms with van der Waals surface area (Å²) >= 11 is 31.6. The van der Waals surface area contributed by atoms with Crippen molar-refractivity contribution in [3.05, 3.63) is 140 Å². The van der Waals surface area contributed by atoms with Gasteiger partial charge in [0.2, 0.25) is 5.95 Å². The molecule has 6 aliphatic rings. The lowest BCUT2D eigenvalue weighted by Gasteiger charge is -2.28. The summed E-state index contributed by atoms with van der Waals surface area (Å²) in [7, 11) is 1.11. The molecule has 13 heterocycles. The Hall–Kier alpha value is -5.54. The molecule has 0 bridgehead atoms. The molecule has 24 atom stereocenters. The van der Waals surface area contributed by atoms with Gasteiger partial charge in [-0.15, -0.1) is 0 Å². The number of aryl methyl sites for hydroxylation is 1. The van der Waals surface area contributed by atoms with E-state index in [4.69, 9.17) is 170 Å². The lowest BCUT2D eigenvalue weighted by molar-refractivity contribution is -0.0565. The first-order valence-electron chi connectivity index (χ1n) is 35.7. The quantitative estimate of drug-likeness (QED) is 0.0187. The molecule has 7 aromatic heterocycles. The van der Waals surface area contributed by atoms with Gasteiger partial charge in [0.15, 0.2) is 11.2 Å². The number of nitrogens with one attached hydrogen (secondary N) is 2. The molecule has 6 aliphatic heterocycles. The van der Waals surface area contributed by atoms with E-state index in [1.54, 1.807) is 6.92 Å². The van der Waals surface area contributed by atoms with Crippen molar-refractivity contribution in [3.63, 3.8) is 0 Å². The summed E-state index contributed by atoms with van der Waals surface area (Å²) in [5.41, 5.74) is 23.2. The van der Waals surface area contributed by atoms with Crippen LogP contribution in [0.25, 0.3) is 11.2 Å². The largest absolute Gasteiger partial charge is 0.386 e. The number of H-pyrrole nitrogens is 2. The molecule has 0 radical (unpaired) electrons. The monoisotopic (exact) mass is 1920 g/mol. The van der Waals surface area contributed by atoms with Crippen LogP contribution < -0.4 is 68.2 Å². The molecule has 0 saturated carbocycles. The van der Waals surface area contributed by atoms with E-state index >= 15 is 0 Å². The number of aromatic nitrogens is 14. The predicted molar refractivity (Wildman–Crippen MR) is 437 cm³/mol. The minimum absolute atomic E-state index is 0.00765. The van der Waals surface area contributed by atoms with Crippen LogP contribution in [0.2, 0.25) is 0 Å². The normalized spacial score (nSPS) is 30.1. The summed E-state index contributed by atoms with van der Waals surface area (Å²) in [6, 6.07) is 5.29. The number of nitrogens with zero attached hydrogens (tertiary/aromatic N) is 12. The number of nitrogen functional groups attached to an aromatic ring is 5. The predicted octanol–water partition coefficient (Wildman–Crippen LogP) is 0.214. The van der Waals surface area contributed by atoms with Crippen molar-refractivity contribution >= 4 is 152 Å². The fraction of sp³-hybridized carbons (Fsp3) is 0.569. The number of anilines is 5. The van der Waals surface area contributed by atoms with Gasteiger partial charge in [0.1, 0.15) is 97.3 Å². The van der Waals surface area contributed by atoms with Crippen molar-refractivity contribution in [1.29, 1.82) is 0 Å². The summed E-state index contributed by atoms with van der Waals surface area (Å²) < 4.78 is 129. The van der Waals surface area contributed by atoms with E-state index in [-0.39, 0.29) is 84.5 Å². The zero-order chi connectivity index (χ0) is 86.5. The molecule has 13 rings (SSSR count). The first kappa shape index (κ1) is 92.1.